The predicted molar refractivity (Wildman–Crippen MR) is 142 cm³/mol. The van der Waals surface area contributed by atoms with Crippen LogP contribution < -0.4 is 20.9 Å². The molecule has 1 aromatic heterocycles. The molecule has 0 aliphatic carbocycles. The topological polar surface area (TPSA) is 130 Å². The number of Topliss-reactive ketones (excluding diaryl/α,β-unsaturated/α-hetero) is 1. The van der Waals surface area contributed by atoms with Crippen LogP contribution >= 0.6 is 0 Å². The molecule has 2 aromatic rings. The lowest BCUT2D eigenvalue weighted by Gasteiger charge is -2.53. The maximum absolute atomic E-state index is 15.3. The van der Waals surface area contributed by atoms with E-state index in [2.05, 4.69) is 15.2 Å². The maximum Gasteiger partial charge on any atom is 0.414 e. The molecule has 1 aromatic carbocycles. The van der Waals surface area contributed by atoms with Crippen LogP contribution in [0, 0.1) is 11.7 Å². The van der Waals surface area contributed by atoms with Gasteiger partial charge < -0.3 is 25.4 Å². The van der Waals surface area contributed by atoms with Crippen LogP contribution in [0.4, 0.5) is 20.7 Å². The van der Waals surface area contributed by atoms with Crippen LogP contribution in [0.3, 0.4) is 0 Å². The summed E-state index contributed by atoms with van der Waals surface area (Å²) in [6.07, 6.45) is 0.240. The number of nitrogens with one attached hydrogen (secondary N) is 1. The molecule has 3 fully saturated rings. The monoisotopic (exact) mass is 540 g/mol. The van der Waals surface area contributed by atoms with Gasteiger partial charge in [0.05, 0.1) is 31.4 Å². The summed E-state index contributed by atoms with van der Waals surface area (Å²) < 4.78 is 26.0. The Bertz CT molecular complexity index is 1250. The number of benzene rings is 1. The summed E-state index contributed by atoms with van der Waals surface area (Å²) in [6, 6.07) is 8.05. The average molecular weight is 541 g/mol. The Hall–Kier alpha value is -3.61. The lowest BCUT2D eigenvalue weighted by molar-refractivity contribution is -0.133. The normalized spacial score (nSPS) is 24.9. The molecular weight excluding hydrogens is 507 g/mol. The number of ether oxygens (including phenoxy) is 2. The number of carbonyl (C=O) groups is 3. The SMILES string of the molecule is CC(=O)C1(N2CCOCC2)CNCCN1c1ccc(-c2ccc(N3CC(C(C)C(N)=O)OC3=O)cc2F)cn1. The number of amides is 2. The second-order valence-electron chi connectivity index (χ2n) is 10.1. The third-order valence-corrected chi connectivity index (χ3v) is 7.87. The number of aromatic nitrogens is 1. The van der Waals surface area contributed by atoms with Gasteiger partial charge in [-0.3, -0.25) is 19.4 Å². The molecule has 0 saturated carbocycles. The summed E-state index contributed by atoms with van der Waals surface area (Å²) >= 11 is 0. The third kappa shape index (κ3) is 4.95. The molecule has 5 rings (SSSR count). The number of hydrogen-bond donors (Lipinski definition) is 2. The van der Waals surface area contributed by atoms with E-state index in [4.69, 9.17) is 15.2 Å². The van der Waals surface area contributed by atoms with Crippen molar-refractivity contribution in [3.63, 3.8) is 0 Å². The molecule has 3 saturated heterocycles. The molecule has 3 aliphatic heterocycles. The Balaban J connectivity index is 1.37. The lowest BCUT2D eigenvalue weighted by atomic mass is 9.97. The molecular formula is C27H33FN6O5. The van der Waals surface area contributed by atoms with Crippen molar-refractivity contribution >= 4 is 29.3 Å². The van der Waals surface area contributed by atoms with E-state index >= 15 is 4.39 Å². The number of rotatable bonds is 7. The summed E-state index contributed by atoms with van der Waals surface area (Å²) in [5.41, 5.74) is 5.65. The largest absolute Gasteiger partial charge is 0.443 e. The molecule has 11 nitrogen and oxygen atoms in total. The van der Waals surface area contributed by atoms with Gasteiger partial charge in [0.2, 0.25) is 5.91 Å². The average Bonchev–Trinajstić information content (AvgIpc) is 3.34. The second-order valence-corrected chi connectivity index (χ2v) is 10.1. The molecule has 39 heavy (non-hydrogen) atoms. The molecule has 3 atom stereocenters. The van der Waals surface area contributed by atoms with E-state index in [1.165, 1.54) is 11.0 Å². The molecule has 208 valence electrons. The number of nitrogens with zero attached hydrogens (tertiary/aromatic N) is 4. The minimum Gasteiger partial charge on any atom is -0.443 e. The Kier molecular flexibility index (Phi) is 7.52. The second kappa shape index (κ2) is 10.9. The highest BCUT2D eigenvalue weighted by atomic mass is 19.1. The molecule has 4 heterocycles. The van der Waals surface area contributed by atoms with Crippen LogP contribution in [0.2, 0.25) is 0 Å². The number of piperazine rings is 1. The molecule has 2 amide bonds. The summed E-state index contributed by atoms with van der Waals surface area (Å²) in [7, 11) is 0. The molecule has 3 aliphatic rings. The molecule has 3 N–H and O–H groups in total. The molecule has 3 unspecified atom stereocenters. The number of halogens is 1. The van der Waals surface area contributed by atoms with Gasteiger partial charge >= 0.3 is 6.09 Å². The number of morpholine rings is 1. The first-order chi connectivity index (χ1) is 18.7. The highest BCUT2D eigenvalue weighted by Crippen LogP contribution is 2.33. The quantitative estimate of drug-likeness (QED) is 0.535. The molecule has 12 heteroatoms. The smallest absolute Gasteiger partial charge is 0.414 e. The highest BCUT2D eigenvalue weighted by molar-refractivity contribution is 5.91. The summed E-state index contributed by atoms with van der Waals surface area (Å²) in [4.78, 5) is 47.0. The minimum atomic E-state index is -0.877. The van der Waals surface area contributed by atoms with E-state index < -0.39 is 35.5 Å². The fourth-order valence-electron chi connectivity index (χ4n) is 5.54. The standard InChI is InChI=1S/C27H33FN6O5/c1-17(25(29)36)23-15-33(26(37)39-23)20-4-5-21(22(28)13-20)19-3-6-24(31-14-19)34-8-7-30-16-27(34,18(2)35)32-9-11-38-12-10-32/h3-6,13-14,17,23,30H,7-12,15-16H2,1-2H3,(H2,29,36). The number of primary amides is 1. The van der Waals surface area contributed by atoms with Crippen molar-refractivity contribution in [2.75, 3.05) is 62.3 Å². The number of ketones is 1. The van der Waals surface area contributed by atoms with Crippen molar-refractivity contribution in [2.45, 2.75) is 25.6 Å². The van der Waals surface area contributed by atoms with Gasteiger partial charge in [-0.1, -0.05) is 0 Å². The van der Waals surface area contributed by atoms with Crippen molar-refractivity contribution in [1.82, 2.24) is 15.2 Å². The zero-order chi connectivity index (χ0) is 27.7. The maximum atomic E-state index is 15.3. The summed E-state index contributed by atoms with van der Waals surface area (Å²) in [5, 5.41) is 3.36. The van der Waals surface area contributed by atoms with Crippen LogP contribution in [-0.2, 0) is 19.1 Å². The number of anilines is 2. The predicted octanol–water partition coefficient (Wildman–Crippen LogP) is 1.36. The van der Waals surface area contributed by atoms with E-state index in [1.807, 2.05) is 4.90 Å². The Morgan fingerprint density at radius 2 is 1.97 bits per heavy atom. The van der Waals surface area contributed by atoms with E-state index in [1.54, 1.807) is 44.3 Å². The summed E-state index contributed by atoms with van der Waals surface area (Å²) in [5.74, 6) is -1.10. The zero-order valence-electron chi connectivity index (χ0n) is 22.1. The molecule has 0 bridgehead atoms. The van der Waals surface area contributed by atoms with Crippen molar-refractivity contribution in [3.8, 4) is 11.1 Å². The van der Waals surface area contributed by atoms with Gasteiger partial charge in [-0.2, -0.15) is 0 Å². The van der Waals surface area contributed by atoms with Crippen molar-refractivity contribution < 1.29 is 28.2 Å². The van der Waals surface area contributed by atoms with E-state index in [9.17, 15) is 14.4 Å². The van der Waals surface area contributed by atoms with Gasteiger partial charge in [0.25, 0.3) is 0 Å². The lowest BCUT2D eigenvalue weighted by Crippen LogP contribution is -2.74. The van der Waals surface area contributed by atoms with Crippen LogP contribution in [0.15, 0.2) is 36.5 Å². The van der Waals surface area contributed by atoms with Crippen LogP contribution in [-0.4, -0.2) is 91.9 Å². The fourth-order valence-corrected chi connectivity index (χ4v) is 5.54. The Morgan fingerprint density at radius 1 is 1.21 bits per heavy atom. The Labute approximate surface area is 226 Å². The Morgan fingerprint density at radius 3 is 2.62 bits per heavy atom. The van der Waals surface area contributed by atoms with E-state index in [-0.39, 0.29) is 12.3 Å². The molecule has 0 spiro atoms. The van der Waals surface area contributed by atoms with Gasteiger partial charge in [-0.15, -0.1) is 0 Å². The van der Waals surface area contributed by atoms with Crippen LogP contribution in [0.25, 0.3) is 11.1 Å². The van der Waals surface area contributed by atoms with Gasteiger partial charge in [0.15, 0.2) is 11.4 Å². The number of pyridine rings is 1. The van der Waals surface area contributed by atoms with Crippen LogP contribution in [0.5, 0.6) is 0 Å². The van der Waals surface area contributed by atoms with Crippen molar-refractivity contribution in [2.24, 2.45) is 11.7 Å². The van der Waals surface area contributed by atoms with Gasteiger partial charge in [-0.25, -0.2) is 14.2 Å². The fraction of sp³-hybridized carbons (Fsp3) is 0.481. The first-order valence-electron chi connectivity index (χ1n) is 13.1. The minimum absolute atomic E-state index is 0.0250. The number of carbonyl (C=O) groups excluding carboxylic acids is 3. The zero-order valence-corrected chi connectivity index (χ0v) is 22.1. The highest BCUT2D eigenvalue weighted by Gasteiger charge is 2.49. The molecule has 0 radical (unpaired) electrons. The van der Waals surface area contributed by atoms with Gasteiger partial charge in [-0.05, 0) is 44.2 Å². The first-order valence-corrected chi connectivity index (χ1v) is 13.1. The van der Waals surface area contributed by atoms with Crippen LogP contribution in [0.1, 0.15) is 13.8 Å². The van der Waals surface area contributed by atoms with Crippen molar-refractivity contribution in [3.05, 3.63) is 42.3 Å². The van der Waals surface area contributed by atoms with Gasteiger partial charge in [0, 0.05) is 50.0 Å². The number of nitrogens with two attached hydrogens (primary N) is 1. The van der Waals surface area contributed by atoms with Crippen molar-refractivity contribution in [1.29, 1.82) is 0 Å². The van der Waals surface area contributed by atoms with E-state index in [0.29, 0.717) is 68.6 Å². The number of hydrogen-bond acceptors (Lipinski definition) is 9. The van der Waals surface area contributed by atoms with E-state index in [0.717, 1.165) is 0 Å². The number of cyclic esters (lactones) is 1. The third-order valence-electron chi connectivity index (χ3n) is 7.87. The first kappa shape index (κ1) is 27.0. The summed E-state index contributed by atoms with van der Waals surface area (Å²) in [6.45, 7) is 7.46. The van der Waals surface area contributed by atoms with Gasteiger partial charge in [0.1, 0.15) is 17.7 Å².